The third kappa shape index (κ3) is 5.23. The van der Waals surface area contributed by atoms with Crippen molar-refractivity contribution in [1.29, 1.82) is 0 Å². The number of carbonyl (C=O) groups is 1. The molecule has 0 saturated heterocycles. The van der Waals surface area contributed by atoms with E-state index in [1.165, 1.54) is 0 Å². The van der Waals surface area contributed by atoms with E-state index in [4.69, 9.17) is 0 Å². The number of carbonyl (C=O) groups excluding carboxylic acids is 1. The van der Waals surface area contributed by atoms with Crippen molar-refractivity contribution >= 4 is 22.8 Å². The minimum Gasteiger partial charge on any atom is -0.350 e. The number of hydrogen-bond donors (Lipinski definition) is 2. The number of para-hydroxylation sites is 1. The van der Waals surface area contributed by atoms with Gasteiger partial charge in [0.05, 0.1) is 17.4 Å². The maximum atomic E-state index is 13.2. The third-order valence-electron chi connectivity index (χ3n) is 5.28. The van der Waals surface area contributed by atoms with Crippen LogP contribution in [0.1, 0.15) is 40.1 Å². The van der Waals surface area contributed by atoms with E-state index in [0.717, 1.165) is 17.0 Å². The van der Waals surface area contributed by atoms with Gasteiger partial charge in [0.1, 0.15) is 5.82 Å². The monoisotopic (exact) mass is 442 g/mol. The zero-order valence-electron chi connectivity index (χ0n) is 18.9. The van der Waals surface area contributed by atoms with Gasteiger partial charge in [0.25, 0.3) is 11.5 Å². The van der Waals surface area contributed by atoms with Crippen LogP contribution in [-0.2, 0) is 13.1 Å². The van der Waals surface area contributed by atoms with Crippen LogP contribution in [0.5, 0.6) is 0 Å². The molecule has 2 aromatic carbocycles. The topological polar surface area (TPSA) is 104 Å². The van der Waals surface area contributed by atoms with Crippen molar-refractivity contribution in [1.82, 2.24) is 24.8 Å². The average molecular weight is 443 g/mol. The Morgan fingerprint density at radius 3 is 2.52 bits per heavy atom. The number of aromatic amines is 1. The summed E-state index contributed by atoms with van der Waals surface area (Å²) in [5.74, 6) is 0.891. The number of benzene rings is 2. The van der Waals surface area contributed by atoms with Gasteiger partial charge in [-0.25, -0.2) is 15.0 Å². The fourth-order valence-electron chi connectivity index (χ4n) is 3.70. The first-order chi connectivity index (χ1) is 15.9. The molecule has 168 valence electrons. The normalized spacial score (nSPS) is 10.9. The molecule has 33 heavy (non-hydrogen) atoms. The minimum absolute atomic E-state index is 0.127. The zero-order valence-corrected chi connectivity index (χ0v) is 18.9. The Bertz CT molecular complexity index is 1340. The maximum absolute atomic E-state index is 13.2. The quantitative estimate of drug-likeness (QED) is 0.453. The SMILES string of the molecule is CCN(Cc1nc2ccccc2c(=O)[nH]1)C(=O)c1cccc(CNc2nc(C)cc(C)n2)c1. The highest BCUT2D eigenvalue weighted by Crippen LogP contribution is 2.13. The van der Waals surface area contributed by atoms with Crippen LogP contribution in [0.2, 0.25) is 0 Å². The number of aryl methyl sites for hydroxylation is 2. The highest BCUT2D eigenvalue weighted by atomic mass is 16.2. The number of nitrogens with one attached hydrogen (secondary N) is 2. The van der Waals surface area contributed by atoms with Crippen LogP contribution < -0.4 is 10.9 Å². The van der Waals surface area contributed by atoms with Crippen LogP contribution in [-0.4, -0.2) is 37.3 Å². The van der Waals surface area contributed by atoms with Gasteiger partial charge in [-0.3, -0.25) is 9.59 Å². The van der Waals surface area contributed by atoms with Crippen LogP contribution in [0.4, 0.5) is 5.95 Å². The molecular weight excluding hydrogens is 416 g/mol. The molecule has 0 aliphatic carbocycles. The second kappa shape index (κ2) is 9.60. The molecule has 0 aliphatic rings. The average Bonchev–Trinajstić information content (AvgIpc) is 2.80. The van der Waals surface area contributed by atoms with E-state index in [-0.39, 0.29) is 18.0 Å². The second-order valence-corrected chi connectivity index (χ2v) is 7.88. The van der Waals surface area contributed by atoms with Crippen molar-refractivity contribution in [3.63, 3.8) is 0 Å². The molecule has 2 aromatic heterocycles. The first-order valence-electron chi connectivity index (χ1n) is 10.8. The van der Waals surface area contributed by atoms with Gasteiger partial charge in [0, 0.05) is 30.0 Å². The highest BCUT2D eigenvalue weighted by molar-refractivity contribution is 5.94. The third-order valence-corrected chi connectivity index (χ3v) is 5.28. The van der Waals surface area contributed by atoms with Gasteiger partial charge in [-0.2, -0.15) is 0 Å². The summed E-state index contributed by atoms with van der Waals surface area (Å²) < 4.78 is 0. The maximum Gasteiger partial charge on any atom is 0.258 e. The van der Waals surface area contributed by atoms with Crippen LogP contribution >= 0.6 is 0 Å². The molecule has 0 aliphatic heterocycles. The van der Waals surface area contributed by atoms with E-state index >= 15 is 0 Å². The minimum atomic E-state index is -0.208. The number of fused-ring (bicyclic) bond motifs is 1. The summed E-state index contributed by atoms with van der Waals surface area (Å²) in [4.78, 5) is 43.3. The van der Waals surface area contributed by atoms with E-state index in [1.807, 2.05) is 51.1 Å². The van der Waals surface area contributed by atoms with Crippen LogP contribution in [0.15, 0.2) is 59.4 Å². The highest BCUT2D eigenvalue weighted by Gasteiger charge is 2.17. The standard InChI is InChI=1S/C25H26N6O2/c1-4-31(15-22-29-21-11-6-5-10-20(21)23(32)30-22)24(33)19-9-7-8-18(13-19)14-26-25-27-16(2)12-17(3)28-25/h5-13H,4,14-15H2,1-3H3,(H,26,27,28)(H,29,30,32). The molecule has 8 heteroatoms. The Kier molecular flexibility index (Phi) is 6.44. The number of rotatable bonds is 7. The van der Waals surface area contributed by atoms with Crippen LogP contribution in [0.3, 0.4) is 0 Å². The van der Waals surface area contributed by atoms with Gasteiger partial charge in [-0.1, -0.05) is 24.3 Å². The number of amides is 1. The lowest BCUT2D eigenvalue weighted by atomic mass is 10.1. The van der Waals surface area contributed by atoms with Crippen molar-refractivity contribution in [2.24, 2.45) is 0 Å². The molecule has 4 aromatic rings. The molecular formula is C25H26N6O2. The van der Waals surface area contributed by atoms with Gasteiger partial charge in [-0.15, -0.1) is 0 Å². The summed E-state index contributed by atoms with van der Waals surface area (Å²) in [6.07, 6.45) is 0. The van der Waals surface area contributed by atoms with E-state index in [2.05, 4.69) is 25.3 Å². The van der Waals surface area contributed by atoms with Gasteiger partial charge < -0.3 is 15.2 Å². The van der Waals surface area contributed by atoms with Gasteiger partial charge in [0.2, 0.25) is 5.95 Å². The lowest BCUT2D eigenvalue weighted by Gasteiger charge is -2.21. The Hall–Kier alpha value is -4.07. The number of H-pyrrole nitrogens is 1. The fourth-order valence-corrected chi connectivity index (χ4v) is 3.70. The van der Waals surface area contributed by atoms with Crippen molar-refractivity contribution in [3.05, 3.63) is 93.3 Å². The molecule has 4 rings (SSSR count). The molecule has 0 fully saturated rings. The molecule has 0 atom stereocenters. The Morgan fingerprint density at radius 1 is 1.00 bits per heavy atom. The zero-order chi connectivity index (χ0) is 23.4. The van der Waals surface area contributed by atoms with E-state index in [0.29, 0.717) is 41.3 Å². The number of anilines is 1. The Balaban J connectivity index is 1.50. The lowest BCUT2D eigenvalue weighted by Crippen LogP contribution is -2.32. The number of nitrogens with zero attached hydrogens (tertiary/aromatic N) is 4. The fraction of sp³-hybridized carbons (Fsp3) is 0.240. The van der Waals surface area contributed by atoms with E-state index < -0.39 is 0 Å². The molecule has 1 amide bonds. The largest absolute Gasteiger partial charge is 0.350 e. The molecule has 2 heterocycles. The predicted molar refractivity (Wildman–Crippen MR) is 128 cm³/mol. The number of aromatic nitrogens is 4. The predicted octanol–water partition coefficient (Wildman–Crippen LogP) is 3.60. The first-order valence-corrected chi connectivity index (χ1v) is 10.8. The van der Waals surface area contributed by atoms with Crippen LogP contribution in [0, 0.1) is 13.8 Å². The summed E-state index contributed by atoms with van der Waals surface area (Å²) in [5, 5.41) is 3.75. The van der Waals surface area contributed by atoms with E-state index in [1.54, 1.807) is 29.2 Å². The Labute approximate surface area is 191 Å². The molecule has 0 spiro atoms. The summed E-state index contributed by atoms with van der Waals surface area (Å²) in [6, 6.07) is 16.5. The smallest absolute Gasteiger partial charge is 0.258 e. The van der Waals surface area contributed by atoms with Crippen molar-refractivity contribution in [2.75, 3.05) is 11.9 Å². The van der Waals surface area contributed by atoms with Gasteiger partial charge in [0.15, 0.2) is 0 Å². The second-order valence-electron chi connectivity index (χ2n) is 7.88. The Morgan fingerprint density at radius 2 is 1.76 bits per heavy atom. The number of hydrogen-bond acceptors (Lipinski definition) is 6. The lowest BCUT2D eigenvalue weighted by molar-refractivity contribution is 0.0748. The molecule has 0 unspecified atom stereocenters. The van der Waals surface area contributed by atoms with Gasteiger partial charge >= 0.3 is 0 Å². The summed E-state index contributed by atoms with van der Waals surface area (Å²) in [6.45, 7) is 6.95. The molecule has 0 saturated carbocycles. The first kappa shape index (κ1) is 22.1. The molecule has 0 bridgehead atoms. The summed E-state index contributed by atoms with van der Waals surface area (Å²) in [7, 11) is 0. The summed E-state index contributed by atoms with van der Waals surface area (Å²) >= 11 is 0. The van der Waals surface area contributed by atoms with Crippen molar-refractivity contribution in [3.8, 4) is 0 Å². The van der Waals surface area contributed by atoms with Crippen molar-refractivity contribution in [2.45, 2.75) is 33.9 Å². The molecule has 8 nitrogen and oxygen atoms in total. The van der Waals surface area contributed by atoms with Crippen molar-refractivity contribution < 1.29 is 4.79 Å². The molecule has 2 N–H and O–H groups in total. The van der Waals surface area contributed by atoms with Gasteiger partial charge in [-0.05, 0) is 56.7 Å². The van der Waals surface area contributed by atoms with Crippen LogP contribution in [0.25, 0.3) is 10.9 Å². The molecule has 0 radical (unpaired) electrons. The summed E-state index contributed by atoms with van der Waals surface area (Å²) in [5.41, 5.74) is 3.71. The van der Waals surface area contributed by atoms with E-state index in [9.17, 15) is 9.59 Å².